The van der Waals surface area contributed by atoms with Crippen molar-refractivity contribution in [3.63, 3.8) is 0 Å². The summed E-state index contributed by atoms with van der Waals surface area (Å²) in [5.41, 5.74) is 1.46. The van der Waals surface area contributed by atoms with E-state index < -0.39 is 0 Å². The Morgan fingerprint density at radius 1 is 1.25 bits per heavy atom. The van der Waals surface area contributed by atoms with Crippen LogP contribution in [0.4, 0.5) is 0 Å². The third kappa shape index (κ3) is 2.01. The van der Waals surface area contributed by atoms with Crippen LogP contribution in [0.5, 0.6) is 11.5 Å². The summed E-state index contributed by atoms with van der Waals surface area (Å²) in [6.07, 6.45) is 3.18. The number of rotatable bonds is 2. The van der Waals surface area contributed by atoms with Crippen LogP contribution in [0.2, 0.25) is 0 Å². The SMILES string of the molecule is Brc1cc2c(cc1Sc1nc3ncncc3[nH]1)OCO2. The molecule has 1 aliphatic heterocycles. The Kier molecular flexibility index (Phi) is 2.78. The predicted molar refractivity (Wildman–Crippen MR) is 76.1 cm³/mol. The Morgan fingerprint density at radius 2 is 2.10 bits per heavy atom. The van der Waals surface area contributed by atoms with Crippen molar-refractivity contribution in [1.29, 1.82) is 0 Å². The highest BCUT2D eigenvalue weighted by molar-refractivity contribution is 9.10. The first kappa shape index (κ1) is 12.0. The van der Waals surface area contributed by atoms with E-state index in [0.29, 0.717) is 5.65 Å². The largest absolute Gasteiger partial charge is 0.454 e. The average molecular weight is 351 g/mol. The van der Waals surface area contributed by atoms with Crippen LogP contribution in [0.25, 0.3) is 11.2 Å². The maximum atomic E-state index is 5.38. The van der Waals surface area contributed by atoms with Gasteiger partial charge in [0, 0.05) is 9.37 Å². The number of hydrogen-bond donors (Lipinski definition) is 1. The lowest BCUT2D eigenvalue weighted by Gasteiger charge is -2.03. The molecule has 0 atom stereocenters. The Balaban J connectivity index is 1.71. The standard InChI is InChI=1S/C12H7BrN4O2S/c13-6-1-8-9(19-5-18-8)2-10(6)20-12-16-7-3-14-4-15-11(7)17-12/h1-4H,5H2,(H,14,15,16,17). The third-order valence-electron chi connectivity index (χ3n) is 2.77. The fourth-order valence-corrected chi connectivity index (χ4v) is 3.26. The summed E-state index contributed by atoms with van der Waals surface area (Å²) in [6, 6.07) is 3.82. The zero-order chi connectivity index (χ0) is 13.5. The second-order valence-electron chi connectivity index (χ2n) is 4.04. The Bertz CT molecular complexity index is 774. The van der Waals surface area contributed by atoms with Crippen molar-refractivity contribution in [2.24, 2.45) is 0 Å². The topological polar surface area (TPSA) is 72.9 Å². The summed E-state index contributed by atoms with van der Waals surface area (Å²) < 4.78 is 11.6. The summed E-state index contributed by atoms with van der Waals surface area (Å²) in [6.45, 7) is 0.260. The van der Waals surface area contributed by atoms with Crippen molar-refractivity contribution in [2.75, 3.05) is 6.79 Å². The lowest BCUT2D eigenvalue weighted by molar-refractivity contribution is 0.174. The third-order valence-corrected chi connectivity index (χ3v) is 4.64. The molecule has 0 spiro atoms. The van der Waals surface area contributed by atoms with E-state index >= 15 is 0 Å². The number of nitrogens with one attached hydrogen (secondary N) is 1. The lowest BCUT2D eigenvalue weighted by Crippen LogP contribution is -1.92. The number of aromatic amines is 1. The molecule has 3 aromatic rings. The molecule has 1 N–H and O–H groups in total. The molecule has 3 heterocycles. The van der Waals surface area contributed by atoms with E-state index in [2.05, 4.69) is 35.9 Å². The van der Waals surface area contributed by atoms with Gasteiger partial charge >= 0.3 is 0 Å². The highest BCUT2D eigenvalue weighted by atomic mass is 79.9. The van der Waals surface area contributed by atoms with Crippen LogP contribution in [0, 0.1) is 0 Å². The number of nitrogens with zero attached hydrogens (tertiary/aromatic N) is 3. The van der Waals surface area contributed by atoms with Gasteiger partial charge in [0.2, 0.25) is 6.79 Å². The summed E-state index contributed by atoms with van der Waals surface area (Å²) >= 11 is 5.01. The van der Waals surface area contributed by atoms with Gasteiger partial charge < -0.3 is 14.5 Å². The van der Waals surface area contributed by atoms with Gasteiger partial charge in [-0.15, -0.1) is 0 Å². The van der Waals surface area contributed by atoms with Gasteiger partial charge in [-0.3, -0.25) is 0 Å². The van der Waals surface area contributed by atoms with Crippen LogP contribution in [-0.4, -0.2) is 26.7 Å². The van der Waals surface area contributed by atoms with Gasteiger partial charge in [-0.25, -0.2) is 15.0 Å². The molecule has 0 amide bonds. The van der Waals surface area contributed by atoms with Crippen molar-refractivity contribution in [3.05, 3.63) is 29.1 Å². The van der Waals surface area contributed by atoms with Crippen LogP contribution in [0.3, 0.4) is 0 Å². The highest BCUT2D eigenvalue weighted by Crippen LogP contribution is 2.42. The first-order valence-corrected chi connectivity index (χ1v) is 7.33. The number of benzene rings is 1. The lowest BCUT2D eigenvalue weighted by atomic mass is 10.3. The average Bonchev–Trinajstić information content (AvgIpc) is 3.04. The molecular weight excluding hydrogens is 344 g/mol. The molecule has 0 radical (unpaired) electrons. The second kappa shape index (κ2) is 4.64. The van der Waals surface area contributed by atoms with Gasteiger partial charge in [0.15, 0.2) is 22.3 Å². The molecule has 0 saturated carbocycles. The van der Waals surface area contributed by atoms with Crippen LogP contribution < -0.4 is 9.47 Å². The molecule has 0 unspecified atom stereocenters. The first-order valence-electron chi connectivity index (χ1n) is 5.72. The quantitative estimate of drug-likeness (QED) is 0.765. The van der Waals surface area contributed by atoms with E-state index in [1.54, 1.807) is 6.20 Å². The minimum atomic E-state index is 0.260. The molecule has 0 bridgehead atoms. The number of imidazole rings is 1. The molecule has 1 aromatic carbocycles. The van der Waals surface area contributed by atoms with Gasteiger partial charge in [-0.1, -0.05) is 11.8 Å². The molecular formula is C12H7BrN4O2S. The molecule has 100 valence electrons. The van der Waals surface area contributed by atoms with E-state index in [9.17, 15) is 0 Å². The second-order valence-corrected chi connectivity index (χ2v) is 5.92. The van der Waals surface area contributed by atoms with Gasteiger partial charge in [-0.2, -0.15) is 0 Å². The van der Waals surface area contributed by atoms with Gasteiger partial charge in [0.1, 0.15) is 11.8 Å². The molecule has 0 saturated heterocycles. The number of ether oxygens (including phenoxy) is 2. The zero-order valence-corrected chi connectivity index (χ0v) is 12.4. The molecule has 20 heavy (non-hydrogen) atoms. The summed E-state index contributed by atoms with van der Waals surface area (Å²) in [5.74, 6) is 1.49. The van der Waals surface area contributed by atoms with Crippen molar-refractivity contribution < 1.29 is 9.47 Å². The van der Waals surface area contributed by atoms with Crippen LogP contribution >= 0.6 is 27.7 Å². The number of fused-ring (bicyclic) bond motifs is 2. The smallest absolute Gasteiger partial charge is 0.231 e. The Morgan fingerprint density at radius 3 is 2.95 bits per heavy atom. The van der Waals surface area contributed by atoms with E-state index in [4.69, 9.17) is 9.47 Å². The summed E-state index contributed by atoms with van der Waals surface area (Å²) in [4.78, 5) is 16.6. The zero-order valence-electron chi connectivity index (χ0n) is 9.96. The van der Waals surface area contributed by atoms with E-state index in [1.807, 2.05) is 12.1 Å². The maximum Gasteiger partial charge on any atom is 0.231 e. The Labute approximate surface area is 126 Å². The number of hydrogen-bond acceptors (Lipinski definition) is 6. The van der Waals surface area contributed by atoms with E-state index in [-0.39, 0.29) is 6.79 Å². The molecule has 2 aromatic heterocycles. The summed E-state index contributed by atoms with van der Waals surface area (Å²) in [5, 5.41) is 0.750. The van der Waals surface area contributed by atoms with Crippen LogP contribution in [0.1, 0.15) is 0 Å². The van der Waals surface area contributed by atoms with Gasteiger partial charge in [0.25, 0.3) is 0 Å². The minimum Gasteiger partial charge on any atom is -0.454 e. The molecule has 4 rings (SSSR count). The van der Waals surface area contributed by atoms with Gasteiger partial charge in [-0.05, 0) is 28.1 Å². The Hall–Kier alpha value is -1.80. The maximum absolute atomic E-state index is 5.38. The number of H-pyrrole nitrogens is 1. The van der Waals surface area contributed by atoms with Crippen molar-refractivity contribution >= 4 is 38.9 Å². The fourth-order valence-electron chi connectivity index (χ4n) is 1.87. The van der Waals surface area contributed by atoms with Crippen LogP contribution in [-0.2, 0) is 0 Å². The highest BCUT2D eigenvalue weighted by Gasteiger charge is 2.17. The first-order chi connectivity index (χ1) is 9.79. The predicted octanol–water partition coefficient (Wildman–Crippen LogP) is 3.00. The number of aromatic nitrogens is 4. The molecule has 0 aliphatic carbocycles. The monoisotopic (exact) mass is 350 g/mol. The molecule has 8 heteroatoms. The van der Waals surface area contributed by atoms with Gasteiger partial charge in [0.05, 0.1) is 6.20 Å². The normalized spacial score (nSPS) is 13.1. The van der Waals surface area contributed by atoms with E-state index in [0.717, 1.165) is 31.5 Å². The van der Waals surface area contributed by atoms with E-state index in [1.165, 1.54) is 18.1 Å². The molecule has 1 aliphatic rings. The summed E-state index contributed by atoms with van der Waals surface area (Å²) in [7, 11) is 0. The van der Waals surface area contributed by atoms with Crippen molar-refractivity contribution in [1.82, 2.24) is 19.9 Å². The van der Waals surface area contributed by atoms with Crippen molar-refractivity contribution in [2.45, 2.75) is 10.1 Å². The fraction of sp³-hybridized carbons (Fsp3) is 0.0833. The minimum absolute atomic E-state index is 0.260. The van der Waals surface area contributed by atoms with Crippen molar-refractivity contribution in [3.8, 4) is 11.5 Å². The van der Waals surface area contributed by atoms with Crippen LogP contribution in [0.15, 0.2) is 39.2 Å². The molecule has 0 fully saturated rings. The number of halogens is 1. The molecule has 6 nitrogen and oxygen atoms in total.